The van der Waals surface area contributed by atoms with Crippen LogP contribution in [-0.2, 0) is 4.74 Å². The molecule has 1 aromatic rings. The lowest BCUT2D eigenvalue weighted by atomic mass is 10.0. The van der Waals surface area contributed by atoms with E-state index in [9.17, 15) is 0 Å². The molecule has 1 aromatic carbocycles. The summed E-state index contributed by atoms with van der Waals surface area (Å²) in [4.78, 5) is 2.39. The highest BCUT2D eigenvalue weighted by Gasteiger charge is 2.37. The number of anilines is 1. The Bertz CT molecular complexity index is 574. The van der Waals surface area contributed by atoms with Crippen LogP contribution in [0.4, 0.5) is 5.69 Å². The molecule has 2 heterocycles. The van der Waals surface area contributed by atoms with E-state index in [1.165, 1.54) is 11.3 Å². The van der Waals surface area contributed by atoms with E-state index in [-0.39, 0.29) is 12.3 Å². The van der Waals surface area contributed by atoms with Crippen molar-refractivity contribution in [1.29, 1.82) is 0 Å². The summed E-state index contributed by atoms with van der Waals surface area (Å²) in [5, 5.41) is 6.92. The number of rotatable bonds is 7. The van der Waals surface area contributed by atoms with Crippen LogP contribution >= 0.6 is 0 Å². The Morgan fingerprint density at radius 3 is 2.83 bits per heavy atom. The second-order valence-electron chi connectivity index (χ2n) is 5.94. The fourth-order valence-corrected chi connectivity index (χ4v) is 3.28. The quantitative estimate of drug-likeness (QED) is 0.563. The van der Waals surface area contributed by atoms with Gasteiger partial charge in [0.2, 0.25) is 0 Å². The molecule has 6 nitrogen and oxygen atoms in total. The Hall–Kier alpha value is -1.76. The van der Waals surface area contributed by atoms with Crippen LogP contribution in [0.25, 0.3) is 5.70 Å². The van der Waals surface area contributed by atoms with Crippen LogP contribution in [0.3, 0.4) is 0 Å². The molecule has 0 amide bonds. The number of hydrogen-bond acceptors (Lipinski definition) is 6. The van der Waals surface area contributed by atoms with Gasteiger partial charge in [-0.2, -0.15) is 0 Å². The highest BCUT2D eigenvalue weighted by atomic mass is 16.5. The molecule has 2 aliphatic rings. The van der Waals surface area contributed by atoms with Crippen molar-refractivity contribution in [3.05, 3.63) is 35.5 Å². The zero-order valence-corrected chi connectivity index (χ0v) is 13.7. The van der Waals surface area contributed by atoms with Gasteiger partial charge in [-0.3, -0.25) is 0 Å². The Kier molecular flexibility index (Phi) is 5.05. The second-order valence-corrected chi connectivity index (χ2v) is 5.94. The smallest absolute Gasteiger partial charge is 0.123 e. The summed E-state index contributed by atoms with van der Waals surface area (Å²) in [5.41, 5.74) is 16.5. The summed E-state index contributed by atoms with van der Waals surface area (Å²) in [5.74, 6) is 0. The lowest BCUT2D eigenvalue weighted by Gasteiger charge is -2.31. The molecule has 2 unspecified atom stereocenters. The van der Waals surface area contributed by atoms with E-state index in [2.05, 4.69) is 33.7 Å². The zero-order valence-electron chi connectivity index (χ0n) is 13.7. The number of fused-ring (bicyclic) bond motifs is 2. The minimum absolute atomic E-state index is 0.122. The molecule has 0 bridgehead atoms. The molecule has 6 N–H and O–H groups in total. The Morgan fingerprint density at radius 1 is 1.22 bits per heavy atom. The van der Waals surface area contributed by atoms with Crippen LogP contribution in [0.15, 0.2) is 30.0 Å². The standard InChI is InChI=1S/C17H27N5O/c1-2-23-11-14-21-15-16(22(14)10-6-5-9-18)12-7-3-4-8-13(12)20-17(15)19/h3-4,7-8,14,17,20-21H,2,5-6,9-11,18-19H2,1H3. The summed E-state index contributed by atoms with van der Waals surface area (Å²) in [6.45, 7) is 5.04. The minimum atomic E-state index is -0.219. The normalized spacial score (nSPS) is 22.5. The monoisotopic (exact) mass is 317 g/mol. The molecule has 3 rings (SSSR count). The molecule has 0 saturated heterocycles. The molecular formula is C17H27N5O. The van der Waals surface area contributed by atoms with Crippen molar-refractivity contribution in [3.63, 3.8) is 0 Å². The van der Waals surface area contributed by atoms with E-state index in [0.717, 1.165) is 37.3 Å². The van der Waals surface area contributed by atoms with Gasteiger partial charge in [0.25, 0.3) is 0 Å². The van der Waals surface area contributed by atoms with E-state index < -0.39 is 0 Å². The van der Waals surface area contributed by atoms with Crippen LogP contribution in [0.1, 0.15) is 25.3 Å². The van der Waals surface area contributed by atoms with Gasteiger partial charge in [0.05, 0.1) is 18.0 Å². The lowest BCUT2D eigenvalue weighted by Crippen LogP contribution is -2.43. The van der Waals surface area contributed by atoms with Gasteiger partial charge in [-0.05, 0) is 32.4 Å². The number of unbranched alkanes of at least 4 members (excludes halogenated alkanes) is 1. The fourth-order valence-electron chi connectivity index (χ4n) is 3.28. The number of hydrogen-bond donors (Lipinski definition) is 4. The third kappa shape index (κ3) is 3.15. The van der Waals surface area contributed by atoms with Gasteiger partial charge in [-0.15, -0.1) is 0 Å². The van der Waals surface area contributed by atoms with Gasteiger partial charge in [0.15, 0.2) is 0 Å². The molecule has 2 aliphatic heterocycles. The Balaban J connectivity index is 1.90. The molecule has 23 heavy (non-hydrogen) atoms. The van der Waals surface area contributed by atoms with Crippen LogP contribution in [0, 0.1) is 0 Å². The lowest BCUT2D eigenvalue weighted by molar-refractivity contribution is 0.0867. The van der Waals surface area contributed by atoms with E-state index in [1.807, 2.05) is 13.0 Å². The summed E-state index contributed by atoms with van der Waals surface area (Å²) in [6.07, 6.45) is 1.98. The third-order valence-corrected chi connectivity index (χ3v) is 4.38. The molecule has 0 spiro atoms. The van der Waals surface area contributed by atoms with Crippen molar-refractivity contribution in [1.82, 2.24) is 10.2 Å². The van der Waals surface area contributed by atoms with Gasteiger partial charge in [0.1, 0.15) is 12.3 Å². The Labute approximate surface area is 137 Å². The van der Waals surface area contributed by atoms with Gasteiger partial charge in [0, 0.05) is 24.4 Å². The molecule has 0 saturated carbocycles. The van der Waals surface area contributed by atoms with Crippen molar-refractivity contribution in [3.8, 4) is 0 Å². The van der Waals surface area contributed by atoms with Gasteiger partial charge in [-0.1, -0.05) is 18.2 Å². The van der Waals surface area contributed by atoms with Crippen molar-refractivity contribution < 1.29 is 4.74 Å². The molecule has 0 radical (unpaired) electrons. The molecule has 126 valence electrons. The Morgan fingerprint density at radius 2 is 2.04 bits per heavy atom. The predicted molar refractivity (Wildman–Crippen MR) is 93.4 cm³/mol. The van der Waals surface area contributed by atoms with Gasteiger partial charge in [-0.25, -0.2) is 0 Å². The van der Waals surface area contributed by atoms with Gasteiger partial charge < -0.3 is 31.7 Å². The van der Waals surface area contributed by atoms with E-state index >= 15 is 0 Å². The molecule has 6 heteroatoms. The second kappa shape index (κ2) is 7.21. The minimum Gasteiger partial charge on any atom is -0.378 e. The first-order valence-corrected chi connectivity index (χ1v) is 8.43. The number of nitrogens with two attached hydrogens (primary N) is 2. The maximum absolute atomic E-state index is 6.32. The average Bonchev–Trinajstić information content (AvgIpc) is 2.93. The van der Waals surface area contributed by atoms with Crippen molar-refractivity contribution in [2.45, 2.75) is 32.1 Å². The summed E-state index contributed by atoms with van der Waals surface area (Å²) in [7, 11) is 0. The topological polar surface area (TPSA) is 88.6 Å². The fraction of sp³-hybridized carbons (Fsp3) is 0.529. The van der Waals surface area contributed by atoms with Crippen LogP contribution in [0.5, 0.6) is 0 Å². The summed E-state index contributed by atoms with van der Waals surface area (Å²) >= 11 is 0. The molecule has 0 aromatic heterocycles. The summed E-state index contributed by atoms with van der Waals surface area (Å²) in [6, 6.07) is 8.32. The van der Waals surface area contributed by atoms with Gasteiger partial charge >= 0.3 is 0 Å². The predicted octanol–water partition coefficient (Wildman–Crippen LogP) is 1.07. The van der Waals surface area contributed by atoms with Crippen LogP contribution in [-0.4, -0.2) is 43.5 Å². The number of ether oxygens (including phenoxy) is 1. The average molecular weight is 317 g/mol. The molecular weight excluding hydrogens is 290 g/mol. The van der Waals surface area contributed by atoms with Crippen molar-refractivity contribution in [2.24, 2.45) is 11.5 Å². The molecule has 2 atom stereocenters. The SMILES string of the molecule is CCOCC1NC2=C(c3ccccc3NC2N)N1CCCCN. The number of nitrogens with zero attached hydrogens (tertiary/aromatic N) is 1. The maximum Gasteiger partial charge on any atom is 0.123 e. The van der Waals surface area contributed by atoms with Crippen LogP contribution in [0.2, 0.25) is 0 Å². The zero-order chi connectivity index (χ0) is 16.2. The molecule has 0 aliphatic carbocycles. The largest absolute Gasteiger partial charge is 0.378 e. The number of para-hydroxylation sites is 1. The van der Waals surface area contributed by atoms with E-state index in [0.29, 0.717) is 13.2 Å². The van der Waals surface area contributed by atoms with Crippen molar-refractivity contribution >= 4 is 11.4 Å². The number of benzene rings is 1. The first-order chi connectivity index (χ1) is 11.3. The highest BCUT2D eigenvalue weighted by Crippen LogP contribution is 2.38. The first kappa shape index (κ1) is 16.1. The van der Waals surface area contributed by atoms with Crippen LogP contribution < -0.4 is 22.1 Å². The molecule has 0 fully saturated rings. The number of nitrogens with one attached hydrogen (secondary N) is 2. The van der Waals surface area contributed by atoms with Crippen molar-refractivity contribution in [2.75, 3.05) is 31.6 Å². The van der Waals surface area contributed by atoms with E-state index in [1.54, 1.807) is 0 Å². The van der Waals surface area contributed by atoms with E-state index in [4.69, 9.17) is 16.2 Å². The first-order valence-electron chi connectivity index (χ1n) is 8.43. The highest BCUT2D eigenvalue weighted by molar-refractivity contribution is 5.82. The maximum atomic E-state index is 6.32. The third-order valence-electron chi connectivity index (χ3n) is 4.38. The summed E-state index contributed by atoms with van der Waals surface area (Å²) < 4.78 is 5.67.